The molecule has 0 atom stereocenters. The molecule has 1 saturated carbocycles. The molecule has 1 aromatic carbocycles. The van der Waals surface area contributed by atoms with Crippen molar-refractivity contribution in [1.82, 2.24) is 24.3 Å². The Bertz CT molecular complexity index is 1300. The van der Waals surface area contributed by atoms with Crippen LogP contribution < -0.4 is 10.5 Å². The summed E-state index contributed by atoms with van der Waals surface area (Å²) >= 11 is 0. The summed E-state index contributed by atoms with van der Waals surface area (Å²) in [6, 6.07) is 12.7. The molecule has 0 aliphatic heterocycles. The Balaban J connectivity index is 1.52. The van der Waals surface area contributed by atoms with Gasteiger partial charge in [-0.15, -0.1) is 0 Å². The predicted molar refractivity (Wildman–Crippen MR) is 137 cm³/mol. The van der Waals surface area contributed by atoms with E-state index < -0.39 is 0 Å². The molecule has 0 saturated heterocycles. The number of hydrogen-bond acceptors (Lipinski definition) is 4. The zero-order valence-corrected chi connectivity index (χ0v) is 20.2. The highest BCUT2D eigenvalue weighted by Crippen LogP contribution is 2.27. The molecule has 4 aromatic rings. The van der Waals surface area contributed by atoms with E-state index in [9.17, 15) is 4.79 Å². The van der Waals surface area contributed by atoms with Gasteiger partial charge in [0.1, 0.15) is 5.52 Å². The first kappa shape index (κ1) is 22.4. The minimum absolute atomic E-state index is 0.118. The summed E-state index contributed by atoms with van der Waals surface area (Å²) in [5.74, 6) is 1.27. The summed E-state index contributed by atoms with van der Waals surface area (Å²) in [6.07, 6.45) is 12.3. The van der Waals surface area contributed by atoms with Crippen LogP contribution in [0.2, 0.25) is 0 Å². The van der Waals surface area contributed by atoms with Crippen LogP contribution in [0.5, 0.6) is 0 Å². The van der Waals surface area contributed by atoms with Crippen LogP contribution in [0, 0.1) is 5.92 Å². The number of aryl methyl sites for hydroxylation is 2. The number of benzene rings is 1. The zero-order chi connectivity index (χ0) is 23.5. The summed E-state index contributed by atoms with van der Waals surface area (Å²) in [5.41, 5.74) is 4.41. The standard InChI is InChI=1S/C27H34N6O/c1-3-10-23-24-25(31(2)30-23)26(34)29-27(28-24)33(18-20-11-5-4-6-12-20)19-21-13-9-14-22(17-21)32-15-7-8-16-32/h7-9,13-17,20H,3-6,10-12,18-19H2,1-2H3,(H,28,29,34). The van der Waals surface area contributed by atoms with Crippen LogP contribution >= 0.6 is 0 Å². The van der Waals surface area contributed by atoms with Gasteiger partial charge in [0.2, 0.25) is 5.95 Å². The number of hydrogen-bond donors (Lipinski definition) is 1. The third-order valence-electron chi connectivity index (χ3n) is 6.93. The average Bonchev–Trinajstić information content (AvgIpc) is 3.49. The summed E-state index contributed by atoms with van der Waals surface area (Å²) in [4.78, 5) is 23.5. The number of anilines is 1. The molecular formula is C27H34N6O. The number of nitrogens with zero attached hydrogens (tertiary/aromatic N) is 5. The Morgan fingerprint density at radius 1 is 1.12 bits per heavy atom. The highest BCUT2D eigenvalue weighted by Gasteiger charge is 2.22. The second kappa shape index (κ2) is 9.87. The Morgan fingerprint density at radius 2 is 1.91 bits per heavy atom. The average molecular weight is 459 g/mol. The van der Waals surface area contributed by atoms with Crippen LogP contribution in [0.3, 0.4) is 0 Å². The van der Waals surface area contributed by atoms with Gasteiger partial charge in [-0.3, -0.25) is 14.5 Å². The number of rotatable bonds is 8. The van der Waals surface area contributed by atoms with Crippen molar-refractivity contribution >= 4 is 17.0 Å². The van der Waals surface area contributed by atoms with E-state index in [2.05, 4.69) is 63.1 Å². The van der Waals surface area contributed by atoms with E-state index in [0.29, 0.717) is 23.9 Å². The molecule has 0 unspecified atom stereocenters. The lowest BCUT2D eigenvalue weighted by atomic mass is 9.89. The van der Waals surface area contributed by atoms with E-state index in [0.717, 1.165) is 36.3 Å². The molecule has 178 valence electrons. The Labute approximate surface area is 200 Å². The van der Waals surface area contributed by atoms with Crippen LogP contribution in [0.25, 0.3) is 16.7 Å². The van der Waals surface area contributed by atoms with E-state index in [1.165, 1.54) is 37.7 Å². The largest absolute Gasteiger partial charge is 0.338 e. The van der Waals surface area contributed by atoms with Crippen molar-refractivity contribution in [1.29, 1.82) is 0 Å². The van der Waals surface area contributed by atoms with Crippen LogP contribution in [-0.4, -0.2) is 30.9 Å². The maximum absolute atomic E-state index is 13.1. The van der Waals surface area contributed by atoms with E-state index >= 15 is 0 Å². The maximum atomic E-state index is 13.1. The van der Waals surface area contributed by atoms with Crippen molar-refractivity contribution in [3.8, 4) is 5.69 Å². The molecule has 0 bridgehead atoms. The number of aromatic amines is 1. The van der Waals surface area contributed by atoms with Crippen LogP contribution in [0.4, 0.5) is 5.95 Å². The van der Waals surface area contributed by atoms with Crippen molar-refractivity contribution < 1.29 is 0 Å². The van der Waals surface area contributed by atoms with Gasteiger partial charge in [-0.05, 0) is 55.0 Å². The second-order valence-corrected chi connectivity index (χ2v) is 9.55. The summed E-state index contributed by atoms with van der Waals surface area (Å²) in [7, 11) is 1.82. The van der Waals surface area contributed by atoms with Gasteiger partial charge in [0, 0.05) is 38.2 Å². The maximum Gasteiger partial charge on any atom is 0.278 e. The lowest BCUT2D eigenvalue weighted by Crippen LogP contribution is -2.33. The molecule has 7 nitrogen and oxygen atoms in total. The van der Waals surface area contributed by atoms with Crippen molar-refractivity contribution in [2.75, 3.05) is 11.4 Å². The van der Waals surface area contributed by atoms with Gasteiger partial charge in [0.05, 0.1) is 5.69 Å². The van der Waals surface area contributed by atoms with Crippen molar-refractivity contribution in [3.05, 3.63) is 70.4 Å². The summed E-state index contributed by atoms with van der Waals surface area (Å²) < 4.78 is 3.79. The van der Waals surface area contributed by atoms with Crippen molar-refractivity contribution in [2.45, 2.75) is 58.4 Å². The highest BCUT2D eigenvalue weighted by atomic mass is 16.1. The first-order valence-corrected chi connectivity index (χ1v) is 12.6. The molecule has 1 fully saturated rings. The highest BCUT2D eigenvalue weighted by molar-refractivity contribution is 5.77. The summed E-state index contributed by atoms with van der Waals surface area (Å²) in [6.45, 7) is 3.72. The number of aromatic nitrogens is 5. The molecule has 7 heteroatoms. The molecule has 0 amide bonds. The lowest BCUT2D eigenvalue weighted by Gasteiger charge is -2.30. The molecule has 0 spiro atoms. The molecule has 1 aliphatic carbocycles. The topological polar surface area (TPSA) is 71.7 Å². The van der Waals surface area contributed by atoms with Gasteiger partial charge in [-0.25, -0.2) is 4.98 Å². The smallest absolute Gasteiger partial charge is 0.278 e. The second-order valence-electron chi connectivity index (χ2n) is 9.55. The Kier molecular flexibility index (Phi) is 6.52. The molecule has 1 aliphatic rings. The third kappa shape index (κ3) is 4.65. The minimum Gasteiger partial charge on any atom is -0.338 e. The third-order valence-corrected chi connectivity index (χ3v) is 6.93. The predicted octanol–water partition coefficient (Wildman–Crippen LogP) is 4.99. The van der Waals surface area contributed by atoms with Gasteiger partial charge in [0.25, 0.3) is 5.56 Å². The monoisotopic (exact) mass is 458 g/mol. The van der Waals surface area contributed by atoms with Gasteiger partial charge >= 0.3 is 0 Å². The molecule has 3 heterocycles. The molecule has 1 N–H and O–H groups in total. The fourth-order valence-electron chi connectivity index (χ4n) is 5.24. The lowest BCUT2D eigenvalue weighted by molar-refractivity contribution is 0.356. The molecule has 3 aromatic heterocycles. The Morgan fingerprint density at radius 3 is 2.68 bits per heavy atom. The fourth-order valence-corrected chi connectivity index (χ4v) is 5.24. The molecular weight excluding hydrogens is 424 g/mol. The van der Waals surface area contributed by atoms with Gasteiger partial charge in [0.15, 0.2) is 5.52 Å². The number of fused-ring (bicyclic) bond motifs is 1. The van der Waals surface area contributed by atoms with Gasteiger partial charge in [-0.2, -0.15) is 5.10 Å². The quantitative estimate of drug-likeness (QED) is 0.404. The van der Waals surface area contributed by atoms with E-state index in [1.807, 2.05) is 19.2 Å². The first-order valence-electron chi connectivity index (χ1n) is 12.6. The normalized spacial score (nSPS) is 14.6. The first-order chi connectivity index (χ1) is 16.6. The van der Waals surface area contributed by atoms with Gasteiger partial charge < -0.3 is 9.47 Å². The molecule has 0 radical (unpaired) electrons. The van der Waals surface area contributed by atoms with E-state index in [1.54, 1.807) is 4.68 Å². The Hall–Kier alpha value is -3.35. The number of H-pyrrole nitrogens is 1. The molecule has 5 rings (SSSR count). The summed E-state index contributed by atoms with van der Waals surface area (Å²) in [5, 5.41) is 4.59. The fraction of sp³-hybridized carbons (Fsp3) is 0.444. The van der Waals surface area contributed by atoms with Crippen LogP contribution in [-0.2, 0) is 20.0 Å². The van der Waals surface area contributed by atoms with Crippen LogP contribution in [0.1, 0.15) is 56.7 Å². The SMILES string of the molecule is CCCc1nn(C)c2c(=O)[nH]c(N(Cc3cccc(-n4cccc4)c3)CC3CCCCC3)nc12. The van der Waals surface area contributed by atoms with Crippen molar-refractivity contribution in [3.63, 3.8) is 0 Å². The van der Waals surface area contributed by atoms with Crippen molar-refractivity contribution in [2.24, 2.45) is 13.0 Å². The zero-order valence-electron chi connectivity index (χ0n) is 20.2. The minimum atomic E-state index is -0.118. The number of nitrogens with one attached hydrogen (secondary N) is 1. The van der Waals surface area contributed by atoms with E-state index in [4.69, 9.17) is 4.98 Å². The molecule has 34 heavy (non-hydrogen) atoms. The van der Waals surface area contributed by atoms with Crippen LogP contribution in [0.15, 0.2) is 53.6 Å². The van der Waals surface area contributed by atoms with Gasteiger partial charge in [-0.1, -0.05) is 44.7 Å². The van der Waals surface area contributed by atoms with E-state index in [-0.39, 0.29) is 5.56 Å².